The molecule has 2 aliphatic heterocycles. The number of rotatable bonds is 27. The summed E-state index contributed by atoms with van der Waals surface area (Å²) in [6, 6.07) is 7.66. The molecule has 2 fully saturated rings. The van der Waals surface area contributed by atoms with Crippen molar-refractivity contribution in [3.63, 3.8) is 0 Å². The van der Waals surface area contributed by atoms with E-state index in [9.17, 15) is 74.1 Å². The molecule has 541 valence electrons. The van der Waals surface area contributed by atoms with Crippen molar-refractivity contribution in [1.29, 1.82) is 0 Å². The van der Waals surface area contributed by atoms with E-state index in [0.29, 0.717) is 34.0 Å². The molecule has 18 N–H and O–H groups in total. The van der Waals surface area contributed by atoms with Gasteiger partial charge in [-0.2, -0.15) is 0 Å². The molecule has 1 radical (unpaired) electrons. The van der Waals surface area contributed by atoms with Crippen molar-refractivity contribution >= 4 is 97.7 Å². The molecule has 0 saturated carbocycles. The number of hydrogen-bond acceptors (Lipinski definition) is 21. The van der Waals surface area contributed by atoms with Crippen LogP contribution in [-0.2, 0) is 89.1 Å². The third-order valence-corrected chi connectivity index (χ3v) is 18.9. The average Bonchev–Trinajstić information content (AvgIpc) is 1.13. The number of aromatic amines is 1. The molecule has 8 amide bonds. The minimum absolute atomic E-state index is 0. The maximum atomic E-state index is 15.2. The second-order valence-corrected chi connectivity index (χ2v) is 26.5. The van der Waals surface area contributed by atoms with E-state index in [1.165, 1.54) is 43.0 Å². The number of unbranched alkanes of at least 4 members (excludes halogenated alkanes) is 1. The van der Waals surface area contributed by atoms with Gasteiger partial charge in [0, 0.05) is 111 Å². The summed E-state index contributed by atoms with van der Waals surface area (Å²) in [5, 5.41) is 93.4. The molecular weight excluding hydrogens is 1370 g/mol. The van der Waals surface area contributed by atoms with E-state index in [4.69, 9.17) is 5.73 Å². The third kappa shape index (κ3) is 26.1. The molecule has 0 spiro atoms. The first-order chi connectivity index (χ1) is 46.3. The summed E-state index contributed by atoms with van der Waals surface area (Å²) in [5.41, 5.74) is 8.00. The summed E-state index contributed by atoms with van der Waals surface area (Å²) in [6.07, 6.45) is -2.16. The number of nitrogens with two attached hydrogens (primary N) is 1. The number of H-pyrrole nitrogens is 1. The summed E-state index contributed by atoms with van der Waals surface area (Å²) >= 11 is 0. The number of nitrogens with one attached hydrogen (secondary N) is 9. The second kappa shape index (κ2) is 40.9. The molecule has 34 heteroatoms. The van der Waals surface area contributed by atoms with Crippen LogP contribution in [0.15, 0.2) is 85.1 Å². The molecule has 2 saturated heterocycles. The fraction of sp³-hybridized carbons (Fsp3) is 0.516. The van der Waals surface area contributed by atoms with Gasteiger partial charge in [0.15, 0.2) is 0 Å². The van der Waals surface area contributed by atoms with Crippen LogP contribution in [-0.4, -0.2) is 264 Å². The van der Waals surface area contributed by atoms with Gasteiger partial charge in [-0.1, -0.05) is 82.3 Å². The molecule has 98 heavy (non-hydrogen) atoms. The minimum Gasteiger partial charge on any atom is -0.508 e. The molecule has 0 unspecified atom stereocenters. The maximum absolute atomic E-state index is 15.2. The Morgan fingerprint density at radius 1 is 0.663 bits per heavy atom. The molecule has 0 aliphatic carbocycles. The predicted molar refractivity (Wildman–Crippen MR) is 358 cm³/mol. The van der Waals surface area contributed by atoms with E-state index in [1.54, 1.807) is 70.6 Å². The number of carbonyl (C=O) groups excluding carboxylic acids is 8. The first kappa shape index (κ1) is 80.8. The van der Waals surface area contributed by atoms with Crippen molar-refractivity contribution in [1.82, 2.24) is 62.2 Å². The van der Waals surface area contributed by atoms with Crippen LogP contribution < -0.4 is 48.3 Å². The van der Waals surface area contributed by atoms with Crippen molar-refractivity contribution in [2.75, 3.05) is 77.0 Å². The number of carboxylic acid groups (broad SMARTS) is 3. The largest absolute Gasteiger partial charge is 0.508 e. The second-order valence-electron chi connectivity index (χ2n) is 23.9. The van der Waals surface area contributed by atoms with Gasteiger partial charge in [-0.25, -0.2) is 0 Å². The average molecular weight is 1460 g/mol. The molecule has 2 aliphatic rings. The van der Waals surface area contributed by atoms with E-state index in [-0.39, 0.29) is 119 Å². The molecule has 3 aromatic carbocycles. The number of aliphatic hydroxyl groups is 3. The standard InChI is InChI=1S/C64H89N13O18S2.Cu/c1-37(79)49(34-78)71-62(92)51-36-97-96-35-50(72-58(88)46(28-39-10-4-3-5-11-39)67-53(82)20-19-52(64(94)95)77-26-24-75(32-54(83)84)22-23-76(25-27-77)33-55(85)86)61(91)69-47(29-40-15-17-42(81)18-16-40)59(89)70-48(30-41-31-66-44-13-7-6-12-43(41)44)60(90)68-45(14-8-9-21-65)57(87)74-56(38(2)80)63(93)73-51;/h3-7,10-13,15-18,31,37-38,45-52,56,66,78-81H,8-9,14,19-30,32-36,65H2,1-2H3,(H,67,82)(H,68,90)(H,69,91)(H,70,89)(H,71,92)(H,72,88)(H,73,93)(H,74,87)(H,83,84)(H,85,86)(H,94,95);/t37-,38-,45+,46-,47+,48-,49-,50+,51+,52-,56+;/m1./s1/i;1+3. The Labute approximate surface area is 584 Å². The third-order valence-electron chi connectivity index (χ3n) is 16.5. The number of benzene rings is 3. The van der Waals surface area contributed by atoms with Crippen LogP contribution in [0.4, 0.5) is 0 Å². The van der Waals surface area contributed by atoms with Crippen molar-refractivity contribution < 1.29 is 106 Å². The Bertz CT molecular complexity index is 3290. The number of aliphatic hydroxyl groups excluding tert-OH is 3. The van der Waals surface area contributed by atoms with Crippen LogP contribution >= 0.6 is 21.6 Å². The minimum atomic E-state index is -1.77. The smallest absolute Gasteiger partial charge is 0.320 e. The van der Waals surface area contributed by atoms with Crippen LogP contribution in [0.25, 0.3) is 10.9 Å². The number of phenolic OH excluding ortho intramolecular Hbond substituents is 1. The van der Waals surface area contributed by atoms with Crippen molar-refractivity contribution in [3.8, 4) is 5.75 Å². The zero-order chi connectivity index (χ0) is 70.7. The number of aromatic hydroxyl groups is 1. The van der Waals surface area contributed by atoms with Crippen LogP contribution in [0.5, 0.6) is 5.75 Å². The van der Waals surface area contributed by atoms with Gasteiger partial charge in [-0.3, -0.25) is 67.4 Å². The molecule has 6 rings (SSSR count). The summed E-state index contributed by atoms with van der Waals surface area (Å²) in [6.45, 7) is 1.83. The topological polar surface area (TPSA) is 477 Å². The van der Waals surface area contributed by atoms with E-state index >= 15 is 14.4 Å². The Kier molecular flexibility index (Phi) is 33.7. The molecule has 0 bridgehead atoms. The van der Waals surface area contributed by atoms with Gasteiger partial charge < -0.3 is 89.0 Å². The number of hydrogen-bond donors (Lipinski definition) is 17. The van der Waals surface area contributed by atoms with Crippen molar-refractivity contribution in [2.24, 2.45) is 5.73 Å². The SMILES string of the molecule is C[C@@H](O)[C@@H]1NC(=O)[C@H](CCCCN)NC(=O)[C@@H](Cc2c[nH]c3ccccc23)NC(=O)[C@H](Cc2ccc(O)cc2)NC(=O)[C@@H](NC(=O)[C@@H](Cc2ccccc2)NC(=O)CC[C@H](C(=O)O)N2CCN(CC(=O)O)CCN(CC(=O)O)CC2)CSSC[C@@H](C(=O)N[C@H](CO)[C@@H](C)O)NC1=O.[67Cu]. The van der Waals surface area contributed by atoms with Crippen LogP contribution in [0, 0.1) is 0 Å². The summed E-state index contributed by atoms with van der Waals surface area (Å²) in [7, 11) is 1.79. The zero-order valence-electron chi connectivity index (χ0n) is 54.2. The fourth-order valence-corrected chi connectivity index (χ4v) is 13.3. The number of para-hydroxylation sites is 1. The van der Waals surface area contributed by atoms with Gasteiger partial charge in [-0.05, 0) is 81.0 Å². The molecule has 4 aromatic rings. The van der Waals surface area contributed by atoms with Crippen molar-refractivity contribution in [2.45, 2.75) is 132 Å². The number of phenols is 1. The predicted octanol–water partition coefficient (Wildman–Crippen LogP) is -2.62. The Morgan fingerprint density at radius 2 is 1.24 bits per heavy atom. The van der Waals surface area contributed by atoms with E-state index in [0.717, 1.165) is 21.6 Å². The Balaban J connectivity index is 0.0000173. The number of carboxylic acids is 3. The molecule has 1 aromatic heterocycles. The Morgan fingerprint density at radius 3 is 1.85 bits per heavy atom. The van der Waals surface area contributed by atoms with Gasteiger partial charge in [0.2, 0.25) is 47.3 Å². The molecule has 3 heterocycles. The number of nitrogens with zero attached hydrogens (tertiary/aromatic N) is 3. The molecule has 11 atom stereocenters. The van der Waals surface area contributed by atoms with Crippen LogP contribution in [0.3, 0.4) is 0 Å². The van der Waals surface area contributed by atoms with Crippen LogP contribution in [0.2, 0.25) is 0 Å². The van der Waals surface area contributed by atoms with E-state index in [1.807, 2.05) is 0 Å². The number of carbonyl (C=O) groups is 11. The van der Waals surface area contributed by atoms with Gasteiger partial charge >= 0.3 is 17.9 Å². The fourth-order valence-electron chi connectivity index (χ4n) is 11.0. The maximum Gasteiger partial charge on any atom is 0.320 e. The molecule has 31 nitrogen and oxygen atoms in total. The summed E-state index contributed by atoms with van der Waals surface area (Å²) in [5.74, 6) is -12.0. The van der Waals surface area contributed by atoms with Crippen LogP contribution in [0.1, 0.15) is 62.6 Å². The normalized spacial score (nSPS) is 21.8. The van der Waals surface area contributed by atoms with E-state index < -0.39 is 158 Å². The molecular formula is C64H89CuN13O18S2. The Hall–Kier alpha value is -7.89. The van der Waals surface area contributed by atoms with Gasteiger partial charge in [0.25, 0.3) is 0 Å². The number of aromatic nitrogens is 1. The van der Waals surface area contributed by atoms with Crippen molar-refractivity contribution in [3.05, 3.63) is 102 Å². The monoisotopic (exact) mass is 1460 g/mol. The zero-order valence-corrected chi connectivity index (χ0v) is 56.8. The van der Waals surface area contributed by atoms with Gasteiger partial charge in [0.05, 0.1) is 37.9 Å². The van der Waals surface area contributed by atoms with Gasteiger partial charge in [-0.15, -0.1) is 0 Å². The van der Waals surface area contributed by atoms with Gasteiger partial charge in [0.1, 0.15) is 54.1 Å². The first-order valence-corrected chi connectivity index (χ1v) is 34.4. The quantitative estimate of drug-likeness (QED) is 0.0165. The number of amides is 8. The summed E-state index contributed by atoms with van der Waals surface area (Å²) in [4.78, 5) is 162. The number of fused-ring (bicyclic) bond motifs is 1. The summed E-state index contributed by atoms with van der Waals surface area (Å²) < 4.78 is 0. The first-order valence-electron chi connectivity index (χ1n) is 31.9. The number of aliphatic carboxylic acids is 3. The van der Waals surface area contributed by atoms with E-state index in [2.05, 4.69) is 47.5 Å².